The molecule has 2 aromatic heterocycles. The van der Waals surface area contributed by atoms with Crippen molar-refractivity contribution in [1.29, 1.82) is 0 Å². The normalized spacial score (nSPS) is 21.2. The molecular weight excluding hydrogens is 224 g/mol. The maximum atomic E-state index is 4.65. The zero-order valence-corrected chi connectivity index (χ0v) is 11.3. The Balaban J connectivity index is 1.87. The van der Waals surface area contributed by atoms with Crippen molar-refractivity contribution in [3.05, 3.63) is 29.7 Å². The zero-order valence-electron chi connectivity index (χ0n) is 11.3. The van der Waals surface area contributed by atoms with Crippen molar-refractivity contribution < 1.29 is 0 Å². The molecule has 0 bridgehead atoms. The van der Waals surface area contributed by atoms with E-state index in [1.54, 1.807) is 0 Å². The SMILES string of the molecule is Cc1ccc2nc(C3CCN(C(C)C)C3)nn2c1. The number of rotatable bonds is 2. The molecule has 0 spiro atoms. The summed E-state index contributed by atoms with van der Waals surface area (Å²) in [6.45, 7) is 8.84. The Morgan fingerprint density at radius 1 is 1.33 bits per heavy atom. The van der Waals surface area contributed by atoms with Crippen molar-refractivity contribution in [2.24, 2.45) is 0 Å². The van der Waals surface area contributed by atoms with E-state index in [4.69, 9.17) is 0 Å². The van der Waals surface area contributed by atoms with Crippen LogP contribution in [0.3, 0.4) is 0 Å². The van der Waals surface area contributed by atoms with Crippen LogP contribution in [-0.2, 0) is 0 Å². The van der Waals surface area contributed by atoms with Gasteiger partial charge in [0, 0.05) is 24.7 Å². The van der Waals surface area contributed by atoms with E-state index in [9.17, 15) is 0 Å². The van der Waals surface area contributed by atoms with Crippen LogP contribution < -0.4 is 0 Å². The molecule has 4 nitrogen and oxygen atoms in total. The van der Waals surface area contributed by atoms with Gasteiger partial charge in [-0.1, -0.05) is 6.07 Å². The van der Waals surface area contributed by atoms with E-state index in [0.29, 0.717) is 12.0 Å². The van der Waals surface area contributed by atoms with Crippen LogP contribution in [0.15, 0.2) is 18.3 Å². The zero-order chi connectivity index (χ0) is 12.7. The Bertz CT molecular complexity index is 558. The molecule has 1 unspecified atom stereocenters. The number of pyridine rings is 1. The molecule has 1 aliphatic heterocycles. The lowest BCUT2D eigenvalue weighted by atomic mass is 10.1. The summed E-state index contributed by atoms with van der Waals surface area (Å²) in [5.41, 5.74) is 2.17. The van der Waals surface area contributed by atoms with Gasteiger partial charge in [0.15, 0.2) is 11.5 Å². The van der Waals surface area contributed by atoms with E-state index in [0.717, 1.165) is 24.6 Å². The summed E-state index contributed by atoms with van der Waals surface area (Å²) in [5, 5.41) is 4.63. The van der Waals surface area contributed by atoms with Crippen molar-refractivity contribution in [2.75, 3.05) is 13.1 Å². The van der Waals surface area contributed by atoms with Gasteiger partial charge in [0.25, 0.3) is 0 Å². The van der Waals surface area contributed by atoms with E-state index < -0.39 is 0 Å². The predicted octanol–water partition coefficient (Wildman–Crippen LogP) is 2.24. The van der Waals surface area contributed by atoms with Crippen LogP contribution in [0.4, 0.5) is 0 Å². The number of hydrogen-bond donors (Lipinski definition) is 0. The van der Waals surface area contributed by atoms with Crippen LogP contribution in [0.2, 0.25) is 0 Å². The Kier molecular flexibility index (Phi) is 2.82. The Labute approximate surface area is 108 Å². The summed E-state index contributed by atoms with van der Waals surface area (Å²) in [6.07, 6.45) is 3.22. The highest BCUT2D eigenvalue weighted by molar-refractivity contribution is 5.38. The molecule has 0 N–H and O–H groups in total. The van der Waals surface area contributed by atoms with E-state index in [2.05, 4.69) is 41.8 Å². The van der Waals surface area contributed by atoms with Crippen LogP contribution >= 0.6 is 0 Å². The minimum Gasteiger partial charge on any atom is -0.300 e. The quantitative estimate of drug-likeness (QED) is 0.812. The highest BCUT2D eigenvalue weighted by Crippen LogP contribution is 2.26. The number of hydrogen-bond acceptors (Lipinski definition) is 3. The molecule has 1 atom stereocenters. The fourth-order valence-corrected chi connectivity index (χ4v) is 2.64. The van der Waals surface area contributed by atoms with E-state index in [1.165, 1.54) is 12.0 Å². The van der Waals surface area contributed by atoms with Gasteiger partial charge in [0.05, 0.1) is 0 Å². The van der Waals surface area contributed by atoms with Crippen molar-refractivity contribution in [1.82, 2.24) is 19.5 Å². The molecule has 0 amide bonds. The maximum absolute atomic E-state index is 4.65. The fourth-order valence-electron chi connectivity index (χ4n) is 2.64. The van der Waals surface area contributed by atoms with E-state index in [1.807, 2.05) is 16.8 Å². The summed E-state index contributed by atoms with van der Waals surface area (Å²) in [6, 6.07) is 4.75. The second kappa shape index (κ2) is 4.35. The lowest BCUT2D eigenvalue weighted by Gasteiger charge is -2.19. The lowest BCUT2D eigenvalue weighted by molar-refractivity contribution is 0.272. The Morgan fingerprint density at radius 2 is 2.17 bits per heavy atom. The van der Waals surface area contributed by atoms with Gasteiger partial charge in [-0.25, -0.2) is 9.50 Å². The Hall–Kier alpha value is -1.42. The first-order chi connectivity index (χ1) is 8.63. The van der Waals surface area contributed by atoms with Crippen LogP contribution in [0.1, 0.15) is 37.6 Å². The van der Waals surface area contributed by atoms with Gasteiger partial charge < -0.3 is 4.90 Å². The topological polar surface area (TPSA) is 33.4 Å². The number of likely N-dealkylation sites (tertiary alicyclic amines) is 1. The van der Waals surface area contributed by atoms with Crippen molar-refractivity contribution >= 4 is 5.65 Å². The smallest absolute Gasteiger partial charge is 0.156 e. The average molecular weight is 244 g/mol. The minimum absolute atomic E-state index is 0.493. The third kappa shape index (κ3) is 2.01. The van der Waals surface area contributed by atoms with Gasteiger partial charge in [0.1, 0.15) is 0 Å². The summed E-state index contributed by atoms with van der Waals surface area (Å²) in [5.74, 6) is 1.50. The van der Waals surface area contributed by atoms with Gasteiger partial charge in [0.2, 0.25) is 0 Å². The first kappa shape index (κ1) is 11.7. The number of aryl methyl sites for hydroxylation is 1. The van der Waals surface area contributed by atoms with Crippen LogP contribution in [-0.4, -0.2) is 38.6 Å². The lowest BCUT2D eigenvalue weighted by Crippen LogP contribution is -2.28. The van der Waals surface area contributed by atoms with Gasteiger partial charge in [-0.2, -0.15) is 5.10 Å². The first-order valence-electron chi connectivity index (χ1n) is 6.70. The standard InChI is InChI=1S/C14H20N4/c1-10(2)17-7-6-12(9-17)14-15-13-5-4-11(3)8-18(13)16-14/h4-5,8,10,12H,6-7,9H2,1-3H3. The van der Waals surface area contributed by atoms with Crippen molar-refractivity contribution in [3.8, 4) is 0 Å². The monoisotopic (exact) mass is 244 g/mol. The van der Waals surface area contributed by atoms with Gasteiger partial charge >= 0.3 is 0 Å². The molecular formula is C14H20N4. The molecule has 0 aromatic carbocycles. The summed E-state index contributed by atoms with van der Waals surface area (Å²) in [4.78, 5) is 7.16. The second-order valence-electron chi connectivity index (χ2n) is 5.55. The molecule has 18 heavy (non-hydrogen) atoms. The van der Waals surface area contributed by atoms with Crippen molar-refractivity contribution in [2.45, 2.75) is 39.2 Å². The molecule has 0 radical (unpaired) electrons. The molecule has 1 aliphatic rings. The molecule has 0 saturated carbocycles. The highest BCUT2D eigenvalue weighted by atomic mass is 15.3. The predicted molar refractivity (Wildman–Crippen MR) is 71.8 cm³/mol. The van der Waals surface area contributed by atoms with E-state index in [-0.39, 0.29) is 0 Å². The molecule has 3 heterocycles. The van der Waals surface area contributed by atoms with Crippen LogP contribution in [0, 0.1) is 6.92 Å². The van der Waals surface area contributed by atoms with Crippen LogP contribution in [0.25, 0.3) is 5.65 Å². The highest BCUT2D eigenvalue weighted by Gasteiger charge is 2.28. The molecule has 1 saturated heterocycles. The number of nitrogens with zero attached hydrogens (tertiary/aromatic N) is 4. The molecule has 4 heteroatoms. The summed E-state index contributed by atoms with van der Waals surface area (Å²) in [7, 11) is 0. The van der Waals surface area contributed by atoms with Crippen LogP contribution in [0.5, 0.6) is 0 Å². The van der Waals surface area contributed by atoms with Crippen molar-refractivity contribution in [3.63, 3.8) is 0 Å². The second-order valence-corrected chi connectivity index (χ2v) is 5.55. The molecule has 0 aliphatic carbocycles. The van der Waals surface area contributed by atoms with Gasteiger partial charge in [-0.15, -0.1) is 0 Å². The average Bonchev–Trinajstić information content (AvgIpc) is 2.93. The molecule has 1 fully saturated rings. The molecule has 96 valence electrons. The molecule has 3 rings (SSSR count). The first-order valence-corrected chi connectivity index (χ1v) is 6.70. The Morgan fingerprint density at radius 3 is 2.89 bits per heavy atom. The maximum Gasteiger partial charge on any atom is 0.156 e. The fraction of sp³-hybridized carbons (Fsp3) is 0.571. The van der Waals surface area contributed by atoms with Gasteiger partial charge in [-0.05, 0) is 45.4 Å². The number of fused-ring (bicyclic) bond motifs is 1. The van der Waals surface area contributed by atoms with E-state index >= 15 is 0 Å². The summed E-state index contributed by atoms with van der Waals surface area (Å²) < 4.78 is 1.91. The molecule has 2 aromatic rings. The minimum atomic E-state index is 0.493. The summed E-state index contributed by atoms with van der Waals surface area (Å²) >= 11 is 0. The largest absolute Gasteiger partial charge is 0.300 e. The third-order valence-electron chi connectivity index (χ3n) is 3.81. The van der Waals surface area contributed by atoms with Gasteiger partial charge in [-0.3, -0.25) is 0 Å². The third-order valence-corrected chi connectivity index (χ3v) is 3.81. The number of aromatic nitrogens is 3.